The predicted molar refractivity (Wildman–Crippen MR) is 313 cm³/mol. The fourth-order valence-electron chi connectivity index (χ4n) is 8.06. The van der Waals surface area contributed by atoms with Crippen LogP contribution >= 0.6 is 31.9 Å². The van der Waals surface area contributed by atoms with Crippen LogP contribution in [0.5, 0.6) is 0 Å². The first kappa shape index (κ1) is 57.5. The van der Waals surface area contributed by atoms with Crippen LogP contribution < -0.4 is 30.3 Å². The van der Waals surface area contributed by atoms with E-state index in [1.165, 1.54) is 16.1 Å². The van der Waals surface area contributed by atoms with Crippen LogP contribution in [-0.2, 0) is 0 Å². The number of nitrogens with zero attached hydrogens (tertiary/aromatic N) is 11. The predicted octanol–water partition coefficient (Wildman–Crippen LogP) is 8.88. The third-order valence-corrected chi connectivity index (χ3v) is 19.0. The molecule has 0 spiro atoms. The van der Waals surface area contributed by atoms with Crippen LogP contribution in [0, 0.1) is 22.7 Å². The molecule has 0 bridgehead atoms. The van der Waals surface area contributed by atoms with Crippen molar-refractivity contribution in [2.24, 2.45) is 11.5 Å². The Labute approximate surface area is 481 Å². The number of hydrogen-bond donors (Lipinski definition) is 3. The van der Waals surface area contributed by atoms with Gasteiger partial charge in [-0.3, -0.25) is 24.2 Å². The van der Waals surface area contributed by atoms with E-state index in [0.717, 1.165) is 58.1 Å². The van der Waals surface area contributed by atoms with E-state index in [1.807, 2.05) is 47.4 Å². The topological polar surface area (TPSA) is 277 Å². The molecule has 80 heavy (non-hydrogen) atoms. The first-order chi connectivity index (χ1) is 38.4. The summed E-state index contributed by atoms with van der Waals surface area (Å²) in [7, 11) is 1.62. The molecular formula is C58H52Br2N14O5Sn. The monoisotopic (exact) mass is 1300 g/mol. The minimum Gasteiger partial charge on any atom is -0.366 e. The number of primary amides is 2. The third kappa shape index (κ3) is 14.1. The number of carbonyl (C=O) groups excluding carboxylic acids is 5. The maximum Gasteiger partial charge on any atom is 0.258 e. The van der Waals surface area contributed by atoms with Gasteiger partial charge in [0.15, 0.2) is 0 Å². The Bertz CT molecular complexity index is 3830. The Morgan fingerprint density at radius 3 is 1.49 bits per heavy atom. The number of hydrogen-bond acceptors (Lipinski definition) is 12. The molecule has 5 N–H and O–H groups in total. The van der Waals surface area contributed by atoms with Gasteiger partial charge < -0.3 is 21.3 Å². The van der Waals surface area contributed by atoms with E-state index in [9.17, 15) is 24.0 Å². The molecule has 2 aromatic carbocycles. The van der Waals surface area contributed by atoms with Crippen molar-refractivity contribution >= 4 is 106 Å². The summed E-state index contributed by atoms with van der Waals surface area (Å²) in [6.07, 6.45) is 15.3. The smallest absolute Gasteiger partial charge is 0.258 e. The van der Waals surface area contributed by atoms with E-state index < -0.39 is 30.2 Å². The van der Waals surface area contributed by atoms with Gasteiger partial charge in [0, 0.05) is 64.9 Å². The molecular weight excluding hydrogens is 1250 g/mol. The minimum atomic E-state index is -2.05. The van der Waals surface area contributed by atoms with Gasteiger partial charge in [-0.1, -0.05) is 0 Å². The Kier molecular flexibility index (Phi) is 18.3. The zero-order valence-electron chi connectivity index (χ0n) is 43.8. The van der Waals surface area contributed by atoms with Crippen LogP contribution in [-0.4, -0.2) is 101 Å². The number of benzene rings is 2. The minimum absolute atomic E-state index is 0.0298. The van der Waals surface area contributed by atoms with E-state index in [0.29, 0.717) is 49.2 Å². The maximum absolute atomic E-state index is 13.5. The number of anilines is 2. The average molecular weight is 1300 g/mol. The zero-order valence-corrected chi connectivity index (χ0v) is 49.8. The van der Waals surface area contributed by atoms with Gasteiger partial charge in [0.2, 0.25) is 11.8 Å². The number of aromatic nitrogens is 7. The summed E-state index contributed by atoms with van der Waals surface area (Å²) < 4.78 is 6.15. The van der Waals surface area contributed by atoms with Crippen LogP contribution in [0.2, 0.25) is 14.8 Å². The summed E-state index contributed by atoms with van der Waals surface area (Å²) >= 11 is 4.53. The summed E-state index contributed by atoms with van der Waals surface area (Å²) in [5.41, 5.74) is 18.5. The standard InChI is InChI=1S/C24H18N6O2.C18H13BrN4O.C7H7N2O.C6H5BrN2O.3CH3.Sn/c25-12-15-1-4-18(5-2-15)30(19-6-7-19)24(32)16-9-10-29-22(11-16)20(14-28-29)21-8-3-17(13-27-21)23(26)31;19-16-11-21-22-8-7-13(9-17(16)22)18(24)23(15-5-6-15)14-3-1-12(10-20)2-4-14;1-8-7(10)6-3-2-4-9-5-6;7-5-2-1-4(3-9-5)6(8)10;;;;/h1-5,8-11,13-14,19H,6-7H2,(H2,26,31);1-4,7-9,11,15H,5-6H2;2-3,5H,1H3,(H,8,10);1-3H,(H2,8,10);3*1H3;. The van der Waals surface area contributed by atoms with Crippen LogP contribution in [0.25, 0.3) is 22.3 Å². The number of halogens is 2. The van der Waals surface area contributed by atoms with Crippen molar-refractivity contribution < 1.29 is 24.0 Å². The number of nitrogens with one attached hydrogen (secondary N) is 1. The quantitative estimate of drug-likeness (QED) is 0.0809. The molecule has 2 saturated carbocycles. The largest absolute Gasteiger partial charge is 0.366 e. The molecule has 7 heterocycles. The fourth-order valence-corrected chi connectivity index (χ4v) is 11.6. The van der Waals surface area contributed by atoms with Gasteiger partial charge in [0.05, 0.1) is 68.0 Å². The molecule has 22 heteroatoms. The van der Waals surface area contributed by atoms with Crippen molar-refractivity contribution in [1.82, 2.24) is 39.5 Å². The van der Waals surface area contributed by atoms with E-state index in [2.05, 4.69) is 89.3 Å². The molecule has 2 aliphatic carbocycles. The van der Waals surface area contributed by atoms with Gasteiger partial charge in [-0.2, -0.15) is 20.7 Å². The number of pyridine rings is 5. The van der Waals surface area contributed by atoms with Gasteiger partial charge in [-0.15, -0.1) is 0 Å². The Hall–Kier alpha value is -8.64. The van der Waals surface area contributed by atoms with E-state index in [4.69, 9.17) is 22.0 Å². The van der Waals surface area contributed by atoms with Gasteiger partial charge in [-0.05, 0) is 155 Å². The Morgan fingerprint density at radius 2 is 1.06 bits per heavy atom. The second kappa shape index (κ2) is 25.4. The molecule has 11 rings (SSSR count). The molecule has 0 aliphatic heterocycles. The van der Waals surface area contributed by atoms with Gasteiger partial charge in [0.25, 0.3) is 11.8 Å². The SMILES string of the molecule is CNC(=O)c1cc[c]([Sn]([CH3])([CH3])[CH3])nc1.N#Cc1ccc(N(C(=O)c2ccn3ncc(-c4ccc(C(N)=O)cn4)c3c2)C2CC2)cc1.N#Cc1ccc(N(C(=O)c2ccn3ncc(Br)c3c2)C2CC2)cc1.NC(=O)c1ccc(Br)nc1. The van der Waals surface area contributed by atoms with Crippen LogP contribution in [0.1, 0.15) is 88.6 Å². The first-order valence-electron chi connectivity index (χ1n) is 25.0. The molecule has 2 fully saturated rings. The third-order valence-electron chi connectivity index (χ3n) is 12.7. The number of fused-ring (bicyclic) bond motifs is 2. The van der Waals surface area contributed by atoms with Gasteiger partial charge >= 0.3 is 88.8 Å². The number of nitrogens with two attached hydrogens (primary N) is 2. The van der Waals surface area contributed by atoms with E-state index >= 15 is 0 Å². The summed E-state index contributed by atoms with van der Waals surface area (Å²) in [6.45, 7) is 0. The van der Waals surface area contributed by atoms with Crippen molar-refractivity contribution in [3.05, 3.63) is 201 Å². The second-order valence-electron chi connectivity index (χ2n) is 19.5. The van der Waals surface area contributed by atoms with Crippen LogP contribution in [0.15, 0.2) is 162 Å². The van der Waals surface area contributed by atoms with E-state index in [-0.39, 0.29) is 29.8 Å². The maximum atomic E-state index is 13.5. The van der Waals surface area contributed by atoms with Crippen molar-refractivity contribution in [2.45, 2.75) is 52.6 Å². The van der Waals surface area contributed by atoms with E-state index in [1.54, 1.807) is 119 Å². The molecule has 0 saturated heterocycles. The zero-order chi connectivity index (χ0) is 57.3. The van der Waals surface area contributed by atoms with Crippen LogP contribution in [0.4, 0.5) is 11.4 Å². The summed E-state index contributed by atoms with van der Waals surface area (Å²) in [5.74, 6) is -1.21. The molecule has 402 valence electrons. The molecule has 7 aromatic heterocycles. The molecule has 2 aliphatic rings. The summed E-state index contributed by atoms with van der Waals surface area (Å²) in [6, 6.07) is 36.4. The normalized spacial score (nSPS) is 12.4. The molecule has 0 radical (unpaired) electrons. The van der Waals surface area contributed by atoms with Crippen molar-refractivity contribution in [3.8, 4) is 23.4 Å². The Morgan fingerprint density at radius 1 is 0.588 bits per heavy atom. The molecule has 19 nitrogen and oxygen atoms in total. The van der Waals surface area contributed by atoms with Crippen LogP contribution in [0.3, 0.4) is 0 Å². The van der Waals surface area contributed by atoms with Gasteiger partial charge in [-0.25, -0.2) is 14.0 Å². The first-order valence-corrected chi connectivity index (χ1v) is 36.6. The number of nitriles is 2. The molecule has 0 unspecified atom stereocenters. The average Bonchev–Trinajstić information content (AvgIpc) is 4.43. The van der Waals surface area contributed by atoms with Crippen molar-refractivity contribution in [1.29, 1.82) is 10.5 Å². The molecule has 9 aromatic rings. The molecule has 0 atom stereocenters. The fraction of sp³-hybridized carbons (Fsp3) is 0.172. The summed E-state index contributed by atoms with van der Waals surface area (Å²) in [4.78, 5) is 82.6. The second-order valence-corrected chi connectivity index (χ2v) is 35.4. The van der Waals surface area contributed by atoms with Crippen molar-refractivity contribution in [2.75, 3.05) is 16.8 Å². The number of rotatable bonds is 11. The summed E-state index contributed by atoms with van der Waals surface area (Å²) in [5, 5.41) is 29.1. The Balaban J connectivity index is 0.000000153. The molecule has 5 amide bonds. The van der Waals surface area contributed by atoms with Crippen molar-refractivity contribution in [3.63, 3.8) is 0 Å². The van der Waals surface area contributed by atoms with Gasteiger partial charge in [0.1, 0.15) is 4.60 Å². The number of amides is 5. The number of carbonyl (C=O) groups is 5.